The fourth-order valence-corrected chi connectivity index (χ4v) is 3.36. The van der Waals surface area contributed by atoms with Gasteiger partial charge < -0.3 is 4.90 Å². The van der Waals surface area contributed by atoms with Crippen LogP contribution >= 0.6 is 0 Å². The summed E-state index contributed by atoms with van der Waals surface area (Å²) in [5.41, 5.74) is 5.69. The molecular weight excluding hydrogens is 348 g/mol. The first-order chi connectivity index (χ1) is 13.1. The van der Waals surface area contributed by atoms with Gasteiger partial charge in [-0.1, -0.05) is 45.0 Å². The Labute approximate surface area is 169 Å². The van der Waals surface area contributed by atoms with Crippen molar-refractivity contribution in [1.82, 2.24) is 14.7 Å². The molecule has 2 aromatic rings. The number of nitriles is 1. The molecule has 0 bridgehead atoms. The van der Waals surface area contributed by atoms with E-state index < -0.39 is 0 Å². The Bertz CT molecular complexity index is 850. The van der Waals surface area contributed by atoms with Gasteiger partial charge in [-0.15, -0.1) is 0 Å². The Morgan fingerprint density at radius 2 is 1.86 bits per heavy atom. The summed E-state index contributed by atoms with van der Waals surface area (Å²) < 4.78 is 1.87. The topological polar surface area (TPSA) is 61.9 Å². The second-order valence-electron chi connectivity index (χ2n) is 8.48. The monoisotopic (exact) mass is 380 g/mol. The Morgan fingerprint density at radius 1 is 1.21 bits per heavy atom. The Hall–Kier alpha value is -2.61. The summed E-state index contributed by atoms with van der Waals surface area (Å²) in [6.45, 7) is 11.8. The predicted molar refractivity (Wildman–Crippen MR) is 112 cm³/mol. The van der Waals surface area contributed by atoms with Crippen LogP contribution in [0.4, 0.5) is 0 Å². The van der Waals surface area contributed by atoms with E-state index in [1.165, 1.54) is 5.56 Å². The molecule has 0 radical (unpaired) electrons. The predicted octanol–water partition coefficient (Wildman–Crippen LogP) is 4.30. The lowest BCUT2D eigenvalue weighted by molar-refractivity contribution is -0.130. The molecule has 0 fully saturated rings. The van der Waals surface area contributed by atoms with Crippen LogP contribution in [0.15, 0.2) is 24.3 Å². The fourth-order valence-electron chi connectivity index (χ4n) is 3.36. The smallest absolute Gasteiger partial charge is 0.222 e. The molecule has 0 atom stereocenters. The van der Waals surface area contributed by atoms with Gasteiger partial charge in [0.2, 0.25) is 5.91 Å². The number of aryl methyl sites for hydroxylation is 2. The van der Waals surface area contributed by atoms with Gasteiger partial charge in [0, 0.05) is 25.7 Å². The molecule has 0 aliphatic rings. The van der Waals surface area contributed by atoms with E-state index >= 15 is 0 Å². The summed E-state index contributed by atoms with van der Waals surface area (Å²) in [5.74, 6) is 0.128. The van der Waals surface area contributed by atoms with E-state index in [2.05, 4.69) is 56.2 Å². The number of amides is 1. The van der Waals surface area contributed by atoms with Gasteiger partial charge in [-0.05, 0) is 42.4 Å². The number of hydrogen-bond donors (Lipinski definition) is 0. The quantitative estimate of drug-likeness (QED) is 0.719. The molecule has 0 aliphatic heterocycles. The molecule has 1 aromatic carbocycles. The number of hydrogen-bond acceptors (Lipinski definition) is 3. The Balaban J connectivity index is 1.94. The van der Waals surface area contributed by atoms with E-state index in [0.29, 0.717) is 32.4 Å². The zero-order chi connectivity index (χ0) is 20.9. The normalized spacial score (nSPS) is 11.3. The molecule has 28 heavy (non-hydrogen) atoms. The summed E-state index contributed by atoms with van der Waals surface area (Å²) in [6.07, 6.45) is 1.58. The van der Waals surface area contributed by atoms with Crippen LogP contribution in [0.1, 0.15) is 61.7 Å². The molecule has 1 amide bonds. The highest BCUT2D eigenvalue weighted by Gasteiger charge is 2.16. The molecule has 1 heterocycles. The minimum absolute atomic E-state index is 0.128. The Kier molecular flexibility index (Phi) is 7.01. The number of nitrogens with zero attached hydrogens (tertiary/aromatic N) is 4. The molecule has 0 N–H and O–H groups in total. The van der Waals surface area contributed by atoms with Gasteiger partial charge in [0.15, 0.2) is 0 Å². The lowest BCUT2D eigenvalue weighted by Crippen LogP contribution is -2.26. The van der Waals surface area contributed by atoms with E-state index in [1.807, 2.05) is 25.6 Å². The van der Waals surface area contributed by atoms with Gasteiger partial charge in [0.1, 0.15) is 0 Å². The van der Waals surface area contributed by atoms with Gasteiger partial charge in [0.25, 0.3) is 0 Å². The van der Waals surface area contributed by atoms with Gasteiger partial charge in [-0.25, -0.2) is 0 Å². The molecule has 2 rings (SSSR count). The zero-order valence-corrected chi connectivity index (χ0v) is 18.0. The number of rotatable bonds is 7. The van der Waals surface area contributed by atoms with Crippen LogP contribution in [0.5, 0.6) is 0 Å². The van der Waals surface area contributed by atoms with Crippen LogP contribution in [-0.2, 0) is 29.7 Å². The van der Waals surface area contributed by atoms with E-state index in [9.17, 15) is 4.79 Å². The minimum atomic E-state index is 0.128. The van der Waals surface area contributed by atoms with Crippen molar-refractivity contribution in [2.75, 3.05) is 7.05 Å². The molecule has 5 heteroatoms. The standard InChI is InChI=1S/C23H32N4O/c1-17-21(18(2)27(25-17)15-7-14-24)12-13-22(28)26(6)16-19-8-10-20(11-9-19)23(3,4)5/h8-11H,7,12-13,15-16H2,1-6H3. The third-order valence-electron chi connectivity index (χ3n) is 5.22. The van der Waals surface area contributed by atoms with E-state index in [0.717, 1.165) is 22.5 Å². The highest BCUT2D eigenvalue weighted by Crippen LogP contribution is 2.22. The van der Waals surface area contributed by atoms with Gasteiger partial charge in [-0.3, -0.25) is 9.48 Å². The van der Waals surface area contributed by atoms with Crippen molar-refractivity contribution >= 4 is 5.91 Å². The molecule has 5 nitrogen and oxygen atoms in total. The molecule has 150 valence electrons. The summed E-state index contributed by atoms with van der Waals surface area (Å²) in [6, 6.07) is 10.7. The van der Waals surface area contributed by atoms with Crippen molar-refractivity contribution in [1.29, 1.82) is 5.26 Å². The SMILES string of the molecule is Cc1nn(CCC#N)c(C)c1CCC(=O)N(C)Cc1ccc(C(C)(C)C)cc1. The Morgan fingerprint density at radius 3 is 2.43 bits per heavy atom. The third-order valence-corrected chi connectivity index (χ3v) is 5.22. The van der Waals surface area contributed by atoms with Gasteiger partial charge in [0.05, 0.1) is 24.7 Å². The summed E-state index contributed by atoms with van der Waals surface area (Å²) in [4.78, 5) is 14.4. The molecule has 0 unspecified atom stereocenters. The van der Waals surface area contributed by atoms with E-state index in [1.54, 1.807) is 4.90 Å². The van der Waals surface area contributed by atoms with Crippen LogP contribution in [0, 0.1) is 25.2 Å². The average molecular weight is 381 g/mol. The first-order valence-corrected chi connectivity index (χ1v) is 9.86. The zero-order valence-electron chi connectivity index (χ0n) is 18.0. The summed E-state index contributed by atoms with van der Waals surface area (Å²) in [5, 5.41) is 13.3. The van der Waals surface area contributed by atoms with Crippen LogP contribution in [0.25, 0.3) is 0 Å². The van der Waals surface area contributed by atoms with E-state index in [-0.39, 0.29) is 11.3 Å². The van der Waals surface area contributed by atoms with E-state index in [4.69, 9.17) is 5.26 Å². The molecular formula is C23H32N4O. The summed E-state index contributed by atoms with van der Waals surface area (Å²) in [7, 11) is 1.86. The molecule has 1 aromatic heterocycles. The van der Waals surface area contributed by atoms with Crippen molar-refractivity contribution in [2.24, 2.45) is 0 Å². The lowest BCUT2D eigenvalue weighted by atomic mass is 9.87. The minimum Gasteiger partial charge on any atom is -0.341 e. The third kappa shape index (κ3) is 5.45. The second-order valence-corrected chi connectivity index (χ2v) is 8.48. The number of aromatic nitrogens is 2. The van der Waals surface area contributed by atoms with Crippen molar-refractivity contribution < 1.29 is 4.79 Å². The van der Waals surface area contributed by atoms with Crippen LogP contribution < -0.4 is 0 Å². The van der Waals surface area contributed by atoms with Crippen molar-refractivity contribution in [3.05, 3.63) is 52.3 Å². The summed E-state index contributed by atoms with van der Waals surface area (Å²) >= 11 is 0. The lowest BCUT2D eigenvalue weighted by Gasteiger charge is -2.21. The van der Waals surface area contributed by atoms with Crippen molar-refractivity contribution in [2.45, 2.75) is 72.4 Å². The molecule has 0 spiro atoms. The maximum absolute atomic E-state index is 12.6. The van der Waals surface area contributed by atoms with Crippen LogP contribution in [0.2, 0.25) is 0 Å². The largest absolute Gasteiger partial charge is 0.341 e. The molecule has 0 aliphatic carbocycles. The number of benzene rings is 1. The van der Waals surface area contributed by atoms with Crippen molar-refractivity contribution in [3.8, 4) is 6.07 Å². The maximum atomic E-state index is 12.6. The first-order valence-electron chi connectivity index (χ1n) is 9.86. The highest BCUT2D eigenvalue weighted by atomic mass is 16.2. The number of carbonyl (C=O) groups excluding carboxylic acids is 1. The maximum Gasteiger partial charge on any atom is 0.222 e. The van der Waals surface area contributed by atoms with Crippen molar-refractivity contribution in [3.63, 3.8) is 0 Å². The fraction of sp³-hybridized carbons (Fsp3) is 0.522. The molecule has 0 saturated carbocycles. The van der Waals surface area contributed by atoms with Gasteiger partial charge >= 0.3 is 0 Å². The average Bonchev–Trinajstić information content (AvgIpc) is 2.90. The van der Waals surface area contributed by atoms with Crippen LogP contribution in [-0.4, -0.2) is 27.6 Å². The first kappa shape index (κ1) is 21.7. The second kappa shape index (κ2) is 9.05. The highest BCUT2D eigenvalue weighted by molar-refractivity contribution is 5.76. The molecule has 0 saturated heterocycles. The van der Waals surface area contributed by atoms with Gasteiger partial charge in [-0.2, -0.15) is 10.4 Å². The van der Waals surface area contributed by atoms with Crippen LogP contribution in [0.3, 0.4) is 0 Å². The number of carbonyl (C=O) groups is 1.